The minimum absolute atomic E-state index is 0. The third-order valence-corrected chi connectivity index (χ3v) is 1.07. The third kappa shape index (κ3) is 6.60. The first-order valence-corrected chi connectivity index (χ1v) is 3.59. The molecular weight excluding hydrogens is 266 g/mol. The molecule has 0 heterocycles. The van der Waals surface area contributed by atoms with Gasteiger partial charge in [0.05, 0.1) is 0 Å². The second-order valence-electron chi connectivity index (χ2n) is 2.34. The third-order valence-electron chi connectivity index (χ3n) is 1.07. The van der Waals surface area contributed by atoms with Crippen LogP contribution in [0.25, 0.3) is 0 Å². The first kappa shape index (κ1) is 19.3. The minimum atomic E-state index is -5.60. The van der Waals surface area contributed by atoms with Gasteiger partial charge in [-0.25, -0.2) is 18.8 Å². The van der Waals surface area contributed by atoms with Gasteiger partial charge in [0.1, 0.15) is 0 Å². The predicted molar refractivity (Wildman–Crippen MR) is 45.5 cm³/mol. The first-order chi connectivity index (χ1) is 7.55. The van der Waals surface area contributed by atoms with Gasteiger partial charge in [-0.2, -0.15) is 13.2 Å². The van der Waals surface area contributed by atoms with Crippen LogP contribution in [0.4, 0.5) is 17.6 Å². The Morgan fingerprint density at radius 1 is 1.11 bits per heavy atom. The molecule has 0 aromatic carbocycles. The average molecular weight is 270 g/mol. The molecule has 2 N–H and O–H groups in total. The Hall–Kier alpha value is -1.09. The van der Waals surface area contributed by atoms with Crippen molar-refractivity contribution in [3.05, 3.63) is 0 Å². The fourth-order valence-corrected chi connectivity index (χ4v) is 0.462. The van der Waals surface area contributed by atoms with Crippen LogP contribution in [-0.4, -0.2) is 66.5 Å². The van der Waals surface area contributed by atoms with Crippen LogP contribution in [0.3, 0.4) is 0 Å². The zero-order valence-corrected chi connectivity index (χ0v) is 7.60. The van der Waals surface area contributed by atoms with Crippen molar-refractivity contribution in [3.8, 4) is 0 Å². The Labute approximate surface area is 108 Å². The van der Waals surface area contributed by atoms with Crippen LogP contribution in [0.1, 0.15) is 0 Å². The van der Waals surface area contributed by atoms with Crippen LogP contribution in [0.2, 0.25) is 0 Å². The van der Waals surface area contributed by atoms with E-state index in [2.05, 4.69) is 9.39 Å². The molecule has 0 spiro atoms. The molecule has 0 radical (unpaired) electrons. The summed E-state index contributed by atoms with van der Waals surface area (Å²) in [5.41, 5.74) is 0. The topological polar surface area (TPSA) is 110 Å². The summed E-state index contributed by atoms with van der Waals surface area (Å²) in [4.78, 5) is 31.2. The van der Waals surface area contributed by atoms with E-state index in [-0.39, 0.29) is 18.9 Å². The maximum absolute atomic E-state index is 12.2. The molecule has 0 aliphatic heterocycles. The first-order valence-electron chi connectivity index (χ1n) is 3.59. The zero-order chi connectivity index (χ0) is 13.8. The summed E-state index contributed by atoms with van der Waals surface area (Å²) in [6.07, 6.45) is -9.71. The normalized spacial score (nSPS) is 11.9. The molecule has 7 nitrogen and oxygen atoms in total. The Balaban J connectivity index is 0. The van der Waals surface area contributed by atoms with Gasteiger partial charge in [0.15, 0.2) is 0 Å². The molecule has 0 amide bonds. The number of esters is 2. The number of carbonyl (C=O) groups is 3. The van der Waals surface area contributed by atoms with E-state index in [0.29, 0.717) is 0 Å². The molecule has 0 rings (SSSR count). The van der Waals surface area contributed by atoms with Crippen LogP contribution in [0, 0.1) is 0 Å². The second-order valence-corrected chi connectivity index (χ2v) is 2.34. The van der Waals surface area contributed by atoms with Gasteiger partial charge in [-0.15, -0.1) is 0 Å². The Kier molecular flexibility index (Phi) is 7.88. The summed E-state index contributed by atoms with van der Waals surface area (Å²) in [5.74, 6) is -7.18. The SMILES string of the molecule is O=C(OB(O)O)C(=O)OC(=O)C(F)C(F)(F)F.[LiH]. The molecule has 18 heavy (non-hydrogen) atoms. The average Bonchev–Trinajstić information content (AvgIpc) is 2.13. The van der Waals surface area contributed by atoms with Gasteiger partial charge in [0.2, 0.25) is 0 Å². The van der Waals surface area contributed by atoms with Gasteiger partial charge in [-0.1, -0.05) is 0 Å². The molecule has 0 saturated carbocycles. The quantitative estimate of drug-likeness (QED) is 0.193. The zero-order valence-electron chi connectivity index (χ0n) is 7.60. The van der Waals surface area contributed by atoms with E-state index in [0.717, 1.165) is 0 Å². The van der Waals surface area contributed by atoms with Gasteiger partial charge in [0.25, 0.3) is 6.17 Å². The standard InChI is InChI=1S/C5H3BF4O7.Li.H/c7-1(5(8,9)10)2(11)16-3(12)4(13)17-6(14)15;;/h1,14-15H;;. The van der Waals surface area contributed by atoms with Crippen molar-refractivity contribution < 1.29 is 51.4 Å². The van der Waals surface area contributed by atoms with Gasteiger partial charge in [-0.05, 0) is 0 Å². The van der Waals surface area contributed by atoms with E-state index in [1.807, 2.05) is 0 Å². The Morgan fingerprint density at radius 2 is 1.56 bits per heavy atom. The van der Waals surface area contributed by atoms with Crippen LogP contribution in [-0.2, 0) is 23.8 Å². The van der Waals surface area contributed by atoms with Crippen LogP contribution in [0.5, 0.6) is 0 Å². The number of ether oxygens (including phenoxy) is 1. The monoisotopic (exact) mass is 270 g/mol. The van der Waals surface area contributed by atoms with E-state index in [1.165, 1.54) is 0 Å². The Morgan fingerprint density at radius 3 is 1.89 bits per heavy atom. The van der Waals surface area contributed by atoms with Gasteiger partial charge < -0.3 is 19.4 Å². The summed E-state index contributed by atoms with van der Waals surface area (Å²) in [5, 5.41) is 16.0. The molecular formula is C5H4BF4LiO7. The number of carbonyl (C=O) groups excluding carboxylic acids is 3. The fraction of sp³-hybridized carbons (Fsp3) is 0.400. The van der Waals surface area contributed by atoms with Crippen molar-refractivity contribution >= 4 is 44.1 Å². The summed E-state index contributed by atoms with van der Waals surface area (Å²) < 4.78 is 53.4. The molecule has 0 aliphatic rings. The van der Waals surface area contributed by atoms with Crippen LogP contribution < -0.4 is 0 Å². The second kappa shape index (κ2) is 7.37. The van der Waals surface area contributed by atoms with Crippen molar-refractivity contribution in [2.24, 2.45) is 0 Å². The van der Waals surface area contributed by atoms with Crippen molar-refractivity contribution in [1.82, 2.24) is 0 Å². The van der Waals surface area contributed by atoms with Crippen LogP contribution in [0.15, 0.2) is 0 Å². The van der Waals surface area contributed by atoms with Gasteiger partial charge >= 0.3 is 50.3 Å². The predicted octanol–water partition coefficient (Wildman–Crippen LogP) is -2.18. The summed E-state index contributed by atoms with van der Waals surface area (Å²) >= 11 is 0. The van der Waals surface area contributed by atoms with E-state index < -0.39 is 37.6 Å². The number of hydrogen-bond acceptors (Lipinski definition) is 7. The molecule has 0 aromatic heterocycles. The van der Waals surface area contributed by atoms with E-state index in [4.69, 9.17) is 10.0 Å². The van der Waals surface area contributed by atoms with E-state index in [1.54, 1.807) is 0 Å². The van der Waals surface area contributed by atoms with E-state index in [9.17, 15) is 31.9 Å². The van der Waals surface area contributed by atoms with Crippen molar-refractivity contribution in [3.63, 3.8) is 0 Å². The molecule has 0 bridgehead atoms. The summed E-state index contributed by atoms with van der Waals surface area (Å²) in [6, 6.07) is 0. The maximum atomic E-state index is 12.2. The number of hydrogen-bond donors (Lipinski definition) is 2. The van der Waals surface area contributed by atoms with Crippen molar-refractivity contribution in [1.29, 1.82) is 0 Å². The molecule has 0 fully saturated rings. The molecule has 0 saturated heterocycles. The summed E-state index contributed by atoms with van der Waals surface area (Å²) in [7, 11) is -2.74. The van der Waals surface area contributed by atoms with Crippen molar-refractivity contribution in [2.75, 3.05) is 0 Å². The van der Waals surface area contributed by atoms with Crippen molar-refractivity contribution in [2.45, 2.75) is 12.3 Å². The molecule has 1 unspecified atom stereocenters. The number of rotatable bonds is 2. The van der Waals surface area contributed by atoms with E-state index >= 15 is 0 Å². The van der Waals surface area contributed by atoms with Gasteiger partial charge in [0, 0.05) is 0 Å². The van der Waals surface area contributed by atoms with Gasteiger partial charge in [-0.3, -0.25) is 0 Å². The summed E-state index contributed by atoms with van der Waals surface area (Å²) in [6.45, 7) is 0. The number of alkyl halides is 4. The fourth-order valence-electron chi connectivity index (χ4n) is 0.462. The molecule has 0 aromatic rings. The van der Waals surface area contributed by atoms with Crippen LogP contribution >= 0.6 is 0 Å². The molecule has 1 atom stereocenters. The molecule has 13 heteroatoms. The molecule has 98 valence electrons. The Bertz CT molecular complexity index is 332. The molecule has 0 aliphatic carbocycles. The number of halogens is 4.